The number of fused-ring (bicyclic) bond motifs is 1. The third-order valence-electron chi connectivity index (χ3n) is 4.90. The Labute approximate surface area is 162 Å². The Morgan fingerprint density at radius 1 is 0.786 bits per heavy atom. The SMILES string of the molecule is O=C1c2ccccc2N[C@@H](c2cnn(-c3ccccc3)c2)N1c1ccccc1. The number of nitrogens with one attached hydrogen (secondary N) is 1. The molecule has 4 aromatic rings. The Morgan fingerprint density at radius 3 is 2.18 bits per heavy atom. The third-order valence-corrected chi connectivity index (χ3v) is 4.90. The van der Waals surface area contributed by atoms with Crippen molar-refractivity contribution in [3.63, 3.8) is 0 Å². The number of para-hydroxylation sites is 3. The molecule has 1 aromatic heterocycles. The van der Waals surface area contributed by atoms with Gasteiger partial charge in [-0.15, -0.1) is 0 Å². The van der Waals surface area contributed by atoms with Crippen LogP contribution in [0.3, 0.4) is 0 Å². The molecule has 1 aliphatic rings. The molecule has 0 fully saturated rings. The van der Waals surface area contributed by atoms with Gasteiger partial charge in [0.05, 0.1) is 17.4 Å². The number of aromatic nitrogens is 2. The number of hydrogen-bond donors (Lipinski definition) is 1. The summed E-state index contributed by atoms with van der Waals surface area (Å²) in [4.78, 5) is 15.1. The van der Waals surface area contributed by atoms with Crippen LogP contribution in [0.2, 0.25) is 0 Å². The number of amides is 1. The van der Waals surface area contributed by atoms with E-state index in [1.807, 2.05) is 102 Å². The van der Waals surface area contributed by atoms with Crippen LogP contribution in [0.25, 0.3) is 5.69 Å². The summed E-state index contributed by atoms with van der Waals surface area (Å²) < 4.78 is 1.82. The molecule has 3 aromatic carbocycles. The van der Waals surface area contributed by atoms with Crippen molar-refractivity contribution < 1.29 is 4.79 Å². The van der Waals surface area contributed by atoms with E-state index in [-0.39, 0.29) is 12.1 Å². The van der Waals surface area contributed by atoms with Crippen LogP contribution in [0.1, 0.15) is 22.1 Å². The van der Waals surface area contributed by atoms with Gasteiger partial charge < -0.3 is 5.32 Å². The first kappa shape index (κ1) is 16.3. The lowest BCUT2D eigenvalue weighted by Crippen LogP contribution is -2.43. The second kappa shape index (κ2) is 6.70. The van der Waals surface area contributed by atoms with Crippen molar-refractivity contribution in [3.05, 3.63) is 108 Å². The molecule has 5 rings (SSSR count). The van der Waals surface area contributed by atoms with E-state index < -0.39 is 0 Å². The van der Waals surface area contributed by atoms with E-state index in [0.29, 0.717) is 5.56 Å². The number of hydrogen-bond acceptors (Lipinski definition) is 3. The minimum Gasteiger partial charge on any atom is -0.360 e. The van der Waals surface area contributed by atoms with E-state index in [1.165, 1.54) is 0 Å². The predicted octanol–water partition coefficient (Wildman–Crippen LogP) is 4.64. The highest BCUT2D eigenvalue weighted by molar-refractivity contribution is 6.12. The second-order valence-corrected chi connectivity index (χ2v) is 6.66. The van der Waals surface area contributed by atoms with Crippen molar-refractivity contribution in [1.29, 1.82) is 0 Å². The molecule has 0 saturated heterocycles. The first-order valence-electron chi connectivity index (χ1n) is 9.15. The van der Waals surface area contributed by atoms with Crippen LogP contribution in [-0.4, -0.2) is 15.7 Å². The summed E-state index contributed by atoms with van der Waals surface area (Å²) in [5.74, 6) is -0.0296. The molecular formula is C23H18N4O. The number of carbonyl (C=O) groups is 1. The second-order valence-electron chi connectivity index (χ2n) is 6.66. The molecule has 0 aliphatic carbocycles. The van der Waals surface area contributed by atoms with Gasteiger partial charge in [0, 0.05) is 23.1 Å². The summed E-state index contributed by atoms with van der Waals surface area (Å²) in [5.41, 5.74) is 4.22. The summed E-state index contributed by atoms with van der Waals surface area (Å²) in [7, 11) is 0. The smallest absolute Gasteiger partial charge is 0.262 e. The fourth-order valence-electron chi connectivity index (χ4n) is 3.54. The van der Waals surface area contributed by atoms with Crippen LogP contribution < -0.4 is 10.2 Å². The zero-order valence-electron chi connectivity index (χ0n) is 15.1. The van der Waals surface area contributed by atoms with Gasteiger partial charge in [-0.3, -0.25) is 9.69 Å². The zero-order valence-corrected chi connectivity index (χ0v) is 15.1. The Hall–Kier alpha value is -3.86. The molecule has 1 N–H and O–H groups in total. The maximum atomic E-state index is 13.3. The van der Waals surface area contributed by atoms with Crippen molar-refractivity contribution in [2.45, 2.75) is 6.17 Å². The van der Waals surface area contributed by atoms with Gasteiger partial charge in [0.15, 0.2) is 0 Å². The van der Waals surface area contributed by atoms with Crippen LogP contribution in [0, 0.1) is 0 Å². The average Bonchev–Trinajstić information content (AvgIpc) is 3.25. The monoisotopic (exact) mass is 366 g/mol. The lowest BCUT2D eigenvalue weighted by Gasteiger charge is -2.37. The number of anilines is 2. The quantitative estimate of drug-likeness (QED) is 0.574. The predicted molar refractivity (Wildman–Crippen MR) is 110 cm³/mol. The van der Waals surface area contributed by atoms with Crippen LogP contribution in [0.5, 0.6) is 0 Å². The lowest BCUT2D eigenvalue weighted by molar-refractivity contribution is 0.0975. The fraction of sp³-hybridized carbons (Fsp3) is 0.0435. The first-order valence-corrected chi connectivity index (χ1v) is 9.15. The Morgan fingerprint density at radius 2 is 1.43 bits per heavy atom. The van der Waals surface area contributed by atoms with Crippen molar-refractivity contribution in [1.82, 2.24) is 9.78 Å². The minimum absolute atomic E-state index is 0.0296. The molecule has 28 heavy (non-hydrogen) atoms. The van der Waals surface area contributed by atoms with Gasteiger partial charge in [0.25, 0.3) is 5.91 Å². The molecular weight excluding hydrogens is 348 g/mol. The molecule has 1 amide bonds. The van der Waals surface area contributed by atoms with E-state index in [0.717, 1.165) is 22.6 Å². The molecule has 5 heteroatoms. The Kier molecular flexibility index (Phi) is 3.91. The normalized spacial score (nSPS) is 15.8. The van der Waals surface area contributed by atoms with E-state index >= 15 is 0 Å². The standard InChI is InChI=1S/C23H18N4O/c28-23-20-13-7-8-14-21(20)25-22(27(23)19-11-5-2-6-12-19)17-15-24-26(16-17)18-9-3-1-4-10-18/h1-16,22,25H/t22-/m1/s1. The van der Waals surface area contributed by atoms with Crippen LogP contribution in [0.15, 0.2) is 97.3 Å². The van der Waals surface area contributed by atoms with Crippen LogP contribution in [-0.2, 0) is 0 Å². The summed E-state index contributed by atoms with van der Waals surface area (Å²) in [6.07, 6.45) is 3.42. The van der Waals surface area contributed by atoms with E-state index in [4.69, 9.17) is 0 Å². The molecule has 1 atom stereocenters. The van der Waals surface area contributed by atoms with E-state index in [2.05, 4.69) is 10.4 Å². The van der Waals surface area contributed by atoms with Gasteiger partial charge in [-0.2, -0.15) is 5.10 Å². The fourth-order valence-corrected chi connectivity index (χ4v) is 3.54. The highest BCUT2D eigenvalue weighted by Crippen LogP contribution is 2.36. The van der Waals surface area contributed by atoms with Gasteiger partial charge in [-0.25, -0.2) is 4.68 Å². The summed E-state index contributed by atoms with van der Waals surface area (Å²) in [5, 5.41) is 8.02. The first-order chi connectivity index (χ1) is 13.8. The maximum absolute atomic E-state index is 13.3. The summed E-state index contributed by atoms with van der Waals surface area (Å²) >= 11 is 0. The van der Waals surface area contributed by atoms with Crippen molar-refractivity contribution in [2.24, 2.45) is 0 Å². The van der Waals surface area contributed by atoms with E-state index in [1.54, 1.807) is 4.90 Å². The molecule has 5 nitrogen and oxygen atoms in total. The zero-order chi connectivity index (χ0) is 18.9. The molecule has 0 radical (unpaired) electrons. The lowest BCUT2D eigenvalue weighted by atomic mass is 10.0. The van der Waals surface area contributed by atoms with Crippen molar-refractivity contribution in [2.75, 3.05) is 10.2 Å². The third kappa shape index (κ3) is 2.74. The Bertz CT molecular complexity index is 1120. The van der Waals surface area contributed by atoms with Crippen LogP contribution in [0.4, 0.5) is 11.4 Å². The number of carbonyl (C=O) groups excluding carboxylic acids is 1. The van der Waals surface area contributed by atoms with Gasteiger partial charge in [0.1, 0.15) is 6.17 Å². The molecule has 0 bridgehead atoms. The van der Waals surface area contributed by atoms with Crippen LogP contribution >= 0.6 is 0 Å². The largest absolute Gasteiger partial charge is 0.360 e. The highest BCUT2D eigenvalue weighted by atomic mass is 16.2. The number of benzene rings is 3. The van der Waals surface area contributed by atoms with Gasteiger partial charge in [-0.05, 0) is 36.4 Å². The molecule has 0 spiro atoms. The number of nitrogens with zero attached hydrogens (tertiary/aromatic N) is 3. The molecule has 136 valence electrons. The summed E-state index contributed by atoms with van der Waals surface area (Å²) in [6.45, 7) is 0. The highest BCUT2D eigenvalue weighted by Gasteiger charge is 2.34. The topological polar surface area (TPSA) is 50.2 Å². The molecule has 2 heterocycles. The molecule has 0 unspecified atom stereocenters. The van der Waals surface area contributed by atoms with Crippen molar-refractivity contribution >= 4 is 17.3 Å². The van der Waals surface area contributed by atoms with Gasteiger partial charge in [-0.1, -0.05) is 48.5 Å². The average molecular weight is 366 g/mol. The minimum atomic E-state index is -0.345. The molecule has 1 aliphatic heterocycles. The Balaban J connectivity index is 1.60. The van der Waals surface area contributed by atoms with Crippen molar-refractivity contribution in [3.8, 4) is 5.69 Å². The van der Waals surface area contributed by atoms with Gasteiger partial charge >= 0.3 is 0 Å². The summed E-state index contributed by atoms with van der Waals surface area (Å²) in [6, 6.07) is 27.3. The molecule has 0 saturated carbocycles. The van der Waals surface area contributed by atoms with Gasteiger partial charge in [0.2, 0.25) is 0 Å². The number of rotatable bonds is 3. The maximum Gasteiger partial charge on any atom is 0.262 e. The van der Waals surface area contributed by atoms with E-state index in [9.17, 15) is 4.79 Å².